The minimum atomic E-state index is -6.40. The zero-order valence-electron chi connectivity index (χ0n) is 17.9. The maximum atomic E-state index is 14.5. The number of aromatic nitrogens is 4. The molecule has 0 aliphatic heterocycles. The molecule has 0 fully saturated rings. The van der Waals surface area contributed by atoms with Crippen LogP contribution in [0.15, 0.2) is 47.8 Å². The largest absolute Gasteiger partial charge is 0.433 e. The van der Waals surface area contributed by atoms with Gasteiger partial charge in [0, 0.05) is 25.0 Å². The highest BCUT2D eigenvalue weighted by Crippen LogP contribution is 2.55. The van der Waals surface area contributed by atoms with Crippen LogP contribution in [0, 0.1) is 0 Å². The second kappa shape index (κ2) is 9.04. The number of halogens is 8. The Labute approximate surface area is 199 Å². The lowest BCUT2D eigenvalue weighted by Gasteiger charge is -2.33. The summed E-state index contributed by atoms with van der Waals surface area (Å²) in [4.78, 5) is 11.5. The highest BCUT2D eigenvalue weighted by Gasteiger charge is 2.76. The van der Waals surface area contributed by atoms with Gasteiger partial charge < -0.3 is 4.57 Å². The van der Waals surface area contributed by atoms with Crippen LogP contribution in [0.25, 0.3) is 22.8 Å². The molecule has 0 bridgehead atoms. The van der Waals surface area contributed by atoms with Gasteiger partial charge in [-0.15, -0.1) is 11.6 Å². The van der Waals surface area contributed by atoms with Crippen LogP contribution in [0.1, 0.15) is 18.0 Å². The molecule has 3 aromatic heterocycles. The third-order valence-electron chi connectivity index (χ3n) is 5.20. The van der Waals surface area contributed by atoms with Crippen LogP contribution in [0.4, 0.5) is 30.7 Å². The van der Waals surface area contributed by atoms with E-state index in [0.29, 0.717) is 16.5 Å². The van der Waals surface area contributed by atoms with Gasteiger partial charge >= 0.3 is 18.0 Å². The molecule has 3 aromatic rings. The van der Waals surface area contributed by atoms with Crippen LogP contribution in [0.5, 0.6) is 0 Å². The molecule has 3 heterocycles. The van der Waals surface area contributed by atoms with Crippen LogP contribution in [-0.2, 0) is 16.9 Å². The molecule has 15 heteroatoms. The summed E-state index contributed by atoms with van der Waals surface area (Å²) < 4.78 is 120. The lowest BCUT2D eigenvalue weighted by molar-refractivity contribution is -0.342. The Morgan fingerprint density at radius 3 is 2.14 bits per heavy atom. The van der Waals surface area contributed by atoms with E-state index in [1.54, 1.807) is 18.2 Å². The maximum absolute atomic E-state index is 14.5. The summed E-state index contributed by atoms with van der Waals surface area (Å²) in [5, 5.41) is -3.28. The van der Waals surface area contributed by atoms with Crippen molar-refractivity contribution in [2.45, 2.75) is 35.2 Å². The Kier molecular flexibility index (Phi) is 6.94. The number of sulfone groups is 1. The third kappa shape index (κ3) is 4.60. The van der Waals surface area contributed by atoms with Crippen LogP contribution >= 0.6 is 11.6 Å². The normalized spacial score (nSPS) is 14.2. The molecule has 0 unspecified atom stereocenters. The van der Waals surface area contributed by atoms with Crippen molar-refractivity contribution in [3.63, 3.8) is 0 Å². The van der Waals surface area contributed by atoms with Gasteiger partial charge in [-0.2, -0.15) is 26.3 Å². The standard InChI is InChI=1S/C20H16ClF7N4O2S/c1-3-35(33,34)14-8-11(12-6-4-5-7-29-12)9-30-15(14)17-31-10-13(32(17)2)16(21)18(22,19(23,24)25)20(26,27)28/h4-10,16H,3H2,1-2H3/t16-/m1/s1. The monoisotopic (exact) mass is 544 g/mol. The summed E-state index contributed by atoms with van der Waals surface area (Å²) in [6.07, 6.45) is -9.63. The van der Waals surface area contributed by atoms with Crippen molar-refractivity contribution in [2.24, 2.45) is 7.05 Å². The number of rotatable bonds is 6. The number of pyridine rings is 2. The summed E-state index contributed by atoms with van der Waals surface area (Å²) in [6.45, 7) is 1.33. The van der Waals surface area contributed by atoms with E-state index in [9.17, 15) is 39.2 Å². The number of hydrogen-bond acceptors (Lipinski definition) is 5. The molecule has 0 spiro atoms. The third-order valence-corrected chi connectivity index (χ3v) is 7.46. The Balaban J connectivity index is 2.20. The van der Waals surface area contributed by atoms with Gasteiger partial charge in [0.25, 0.3) is 0 Å². The van der Waals surface area contributed by atoms with Crippen LogP contribution < -0.4 is 0 Å². The Hall–Kier alpha value is -2.74. The van der Waals surface area contributed by atoms with E-state index < -0.39 is 55.4 Å². The number of hydrogen-bond donors (Lipinski definition) is 0. The van der Waals surface area contributed by atoms with E-state index in [4.69, 9.17) is 11.6 Å². The minimum Gasteiger partial charge on any atom is -0.328 e. The Morgan fingerprint density at radius 2 is 1.63 bits per heavy atom. The smallest absolute Gasteiger partial charge is 0.328 e. The molecular formula is C20H16ClF7N4O2S. The minimum absolute atomic E-state index is 0.281. The lowest BCUT2D eigenvalue weighted by Crippen LogP contribution is -2.56. The molecule has 1 atom stereocenters. The van der Waals surface area contributed by atoms with Crippen molar-refractivity contribution < 1.29 is 39.2 Å². The van der Waals surface area contributed by atoms with Gasteiger partial charge in [-0.25, -0.2) is 17.8 Å². The van der Waals surface area contributed by atoms with Crippen molar-refractivity contribution in [1.82, 2.24) is 19.5 Å². The maximum Gasteiger partial charge on any atom is 0.433 e. The molecule has 6 nitrogen and oxygen atoms in total. The Bertz CT molecular complexity index is 1310. The zero-order chi connectivity index (χ0) is 26.4. The first-order chi connectivity index (χ1) is 16.1. The molecule has 0 N–H and O–H groups in total. The highest BCUT2D eigenvalue weighted by atomic mass is 35.5. The summed E-state index contributed by atoms with van der Waals surface area (Å²) in [7, 11) is -3.05. The summed E-state index contributed by atoms with van der Waals surface area (Å²) in [6, 6.07) is 6.05. The molecule has 0 saturated heterocycles. The molecule has 0 aromatic carbocycles. The topological polar surface area (TPSA) is 77.7 Å². The average molecular weight is 545 g/mol. The Morgan fingerprint density at radius 1 is 1.00 bits per heavy atom. The van der Waals surface area contributed by atoms with Crippen molar-refractivity contribution >= 4 is 21.4 Å². The first-order valence-corrected chi connectivity index (χ1v) is 11.8. The van der Waals surface area contributed by atoms with Gasteiger partial charge in [0.1, 0.15) is 11.1 Å². The fraction of sp³-hybridized carbons (Fsp3) is 0.350. The molecule has 0 aliphatic rings. The second-order valence-corrected chi connectivity index (χ2v) is 10.0. The van der Waals surface area contributed by atoms with Crippen molar-refractivity contribution in [1.29, 1.82) is 0 Å². The van der Waals surface area contributed by atoms with Crippen molar-refractivity contribution in [2.75, 3.05) is 5.75 Å². The SMILES string of the molecule is CCS(=O)(=O)c1cc(-c2ccccn2)cnc1-c1ncc([C@@H](Cl)C(F)(C(F)(F)F)C(F)(F)F)n1C. The molecule has 0 amide bonds. The van der Waals surface area contributed by atoms with Crippen molar-refractivity contribution in [3.8, 4) is 22.8 Å². The number of imidazole rings is 1. The average Bonchev–Trinajstić information content (AvgIpc) is 3.17. The van der Waals surface area contributed by atoms with E-state index >= 15 is 0 Å². The number of alkyl halides is 8. The van der Waals surface area contributed by atoms with Gasteiger partial charge in [-0.05, 0) is 18.2 Å². The van der Waals surface area contributed by atoms with Gasteiger partial charge in [-0.3, -0.25) is 9.97 Å². The summed E-state index contributed by atoms with van der Waals surface area (Å²) >= 11 is 5.43. The molecule has 0 radical (unpaired) electrons. The fourth-order valence-electron chi connectivity index (χ4n) is 3.21. The molecule has 35 heavy (non-hydrogen) atoms. The fourth-order valence-corrected chi connectivity index (χ4v) is 4.72. The van der Waals surface area contributed by atoms with Crippen LogP contribution in [0.2, 0.25) is 0 Å². The molecular weight excluding hydrogens is 529 g/mol. The van der Waals surface area contributed by atoms with E-state index in [0.717, 1.165) is 7.05 Å². The second-order valence-electron chi connectivity index (χ2n) is 7.32. The molecule has 3 rings (SSSR count). The predicted octanol–water partition coefficient (Wildman–Crippen LogP) is 5.45. The lowest BCUT2D eigenvalue weighted by atomic mass is 9.97. The van der Waals surface area contributed by atoms with E-state index in [1.807, 2.05) is 0 Å². The first-order valence-electron chi connectivity index (χ1n) is 9.68. The van der Waals surface area contributed by atoms with Crippen molar-refractivity contribution in [3.05, 3.63) is 48.5 Å². The molecule has 0 aliphatic carbocycles. The van der Waals surface area contributed by atoms with Gasteiger partial charge in [0.05, 0.1) is 28.2 Å². The van der Waals surface area contributed by atoms with E-state index in [1.165, 1.54) is 25.4 Å². The number of nitrogens with zero attached hydrogens (tertiary/aromatic N) is 4. The zero-order valence-corrected chi connectivity index (χ0v) is 19.4. The quantitative estimate of drug-likeness (QED) is 0.305. The summed E-state index contributed by atoms with van der Waals surface area (Å²) in [5.74, 6) is -0.838. The van der Waals surface area contributed by atoms with E-state index in [2.05, 4.69) is 15.0 Å². The van der Waals surface area contributed by atoms with Crippen LogP contribution in [0.3, 0.4) is 0 Å². The predicted molar refractivity (Wildman–Crippen MR) is 112 cm³/mol. The molecule has 190 valence electrons. The molecule has 0 saturated carbocycles. The summed E-state index contributed by atoms with van der Waals surface area (Å²) in [5.41, 5.74) is -6.52. The highest BCUT2D eigenvalue weighted by molar-refractivity contribution is 7.91. The van der Waals surface area contributed by atoms with E-state index in [-0.39, 0.29) is 11.3 Å². The van der Waals surface area contributed by atoms with Gasteiger partial charge in [0.15, 0.2) is 15.7 Å². The van der Waals surface area contributed by atoms with Gasteiger partial charge in [-0.1, -0.05) is 13.0 Å². The van der Waals surface area contributed by atoms with Crippen LogP contribution in [-0.4, -0.2) is 51.7 Å². The first kappa shape index (κ1) is 26.9. The van der Waals surface area contributed by atoms with Gasteiger partial charge in [0.2, 0.25) is 0 Å².